The van der Waals surface area contributed by atoms with Crippen LogP contribution in [0.4, 0.5) is 0 Å². The lowest BCUT2D eigenvalue weighted by Crippen LogP contribution is -2.45. The Hall–Kier alpha value is -1.60. The van der Waals surface area contributed by atoms with Crippen molar-refractivity contribution in [2.75, 3.05) is 39.5 Å². The molecular weight excluding hydrogens is 328 g/mol. The Morgan fingerprint density at radius 1 is 1.17 bits per heavy atom. The Morgan fingerprint density at radius 3 is 2.33 bits per heavy atom. The van der Waals surface area contributed by atoms with Gasteiger partial charge in [0, 0.05) is 19.6 Å². The number of amides is 1. The first-order chi connectivity index (χ1) is 11.4. The molecule has 2 rings (SSSR count). The third-order valence-corrected chi connectivity index (χ3v) is 5.55. The minimum atomic E-state index is -3.42. The number of nitrogens with zero attached hydrogens (tertiary/aromatic N) is 2. The zero-order chi connectivity index (χ0) is 17.6. The average Bonchev–Trinajstić information content (AvgIpc) is 2.58. The number of likely N-dealkylation sites (tertiary alicyclic amines) is 1. The highest BCUT2D eigenvalue weighted by Crippen LogP contribution is 2.13. The van der Waals surface area contributed by atoms with E-state index in [9.17, 15) is 13.2 Å². The molecule has 1 saturated heterocycles. The van der Waals surface area contributed by atoms with Crippen molar-refractivity contribution in [2.45, 2.75) is 25.7 Å². The molecule has 24 heavy (non-hydrogen) atoms. The molecule has 0 radical (unpaired) electrons. The number of carbonyl (C=O) groups excluding carboxylic acids is 1. The van der Waals surface area contributed by atoms with Crippen LogP contribution < -0.4 is 4.74 Å². The van der Waals surface area contributed by atoms with Crippen LogP contribution in [0.25, 0.3) is 0 Å². The predicted octanol–water partition coefficient (Wildman–Crippen LogP) is 1.51. The number of carbonyl (C=O) groups is 1. The second-order valence-electron chi connectivity index (χ2n) is 6.14. The average molecular weight is 354 g/mol. The van der Waals surface area contributed by atoms with Gasteiger partial charge in [-0.1, -0.05) is 12.1 Å². The smallest absolute Gasteiger partial charge is 0.237 e. The first-order valence-corrected chi connectivity index (χ1v) is 10.1. The van der Waals surface area contributed by atoms with Crippen LogP contribution in [0.3, 0.4) is 0 Å². The van der Waals surface area contributed by atoms with Gasteiger partial charge in [0.05, 0.1) is 19.9 Å². The number of sulfonamides is 1. The molecule has 0 atom stereocenters. The van der Waals surface area contributed by atoms with E-state index in [1.165, 1.54) is 4.31 Å². The van der Waals surface area contributed by atoms with Gasteiger partial charge >= 0.3 is 0 Å². The summed E-state index contributed by atoms with van der Waals surface area (Å²) in [6.07, 6.45) is 4.85. The maximum atomic E-state index is 12.4. The van der Waals surface area contributed by atoms with Crippen molar-refractivity contribution in [3.05, 3.63) is 29.8 Å². The Morgan fingerprint density at radius 2 is 1.79 bits per heavy atom. The van der Waals surface area contributed by atoms with Crippen molar-refractivity contribution in [3.63, 3.8) is 0 Å². The maximum Gasteiger partial charge on any atom is 0.237 e. The fraction of sp³-hybridized carbons (Fsp3) is 0.588. The van der Waals surface area contributed by atoms with Crippen molar-refractivity contribution in [2.24, 2.45) is 0 Å². The lowest BCUT2D eigenvalue weighted by molar-refractivity contribution is -0.132. The van der Waals surface area contributed by atoms with E-state index in [0.717, 1.165) is 49.9 Å². The largest absolute Gasteiger partial charge is 0.497 e. The first kappa shape index (κ1) is 18.7. The van der Waals surface area contributed by atoms with E-state index in [1.54, 1.807) is 12.0 Å². The van der Waals surface area contributed by atoms with Crippen molar-refractivity contribution < 1.29 is 17.9 Å². The number of piperidine rings is 1. The molecule has 0 N–H and O–H groups in total. The molecule has 0 saturated carbocycles. The van der Waals surface area contributed by atoms with E-state index in [4.69, 9.17) is 4.74 Å². The van der Waals surface area contributed by atoms with Gasteiger partial charge in [-0.05, 0) is 43.4 Å². The van der Waals surface area contributed by atoms with Crippen LogP contribution in [0.15, 0.2) is 24.3 Å². The summed E-state index contributed by atoms with van der Waals surface area (Å²) in [6.45, 7) is 1.68. The van der Waals surface area contributed by atoms with E-state index < -0.39 is 10.0 Å². The molecule has 1 aliphatic heterocycles. The van der Waals surface area contributed by atoms with Gasteiger partial charge in [0.15, 0.2) is 0 Å². The quantitative estimate of drug-likeness (QED) is 0.744. The summed E-state index contributed by atoms with van der Waals surface area (Å²) < 4.78 is 30.4. The van der Waals surface area contributed by atoms with Gasteiger partial charge in [-0.3, -0.25) is 4.79 Å². The number of hydrogen-bond donors (Lipinski definition) is 0. The van der Waals surface area contributed by atoms with Crippen LogP contribution in [0.2, 0.25) is 0 Å². The van der Waals surface area contributed by atoms with Crippen LogP contribution in [0.1, 0.15) is 24.8 Å². The molecule has 1 aromatic rings. The van der Waals surface area contributed by atoms with Crippen LogP contribution in [-0.2, 0) is 21.2 Å². The summed E-state index contributed by atoms with van der Waals surface area (Å²) in [5, 5.41) is 0. The van der Waals surface area contributed by atoms with Gasteiger partial charge < -0.3 is 9.64 Å². The summed E-state index contributed by atoms with van der Waals surface area (Å²) in [5.74, 6) is 0.661. The van der Waals surface area contributed by atoms with Crippen molar-refractivity contribution in [3.8, 4) is 5.75 Å². The van der Waals surface area contributed by atoms with E-state index >= 15 is 0 Å². The molecule has 0 aliphatic carbocycles. The van der Waals surface area contributed by atoms with Crippen molar-refractivity contribution >= 4 is 15.9 Å². The Bertz CT molecular complexity index is 637. The predicted molar refractivity (Wildman–Crippen MR) is 93.5 cm³/mol. The van der Waals surface area contributed by atoms with E-state index in [2.05, 4.69) is 0 Å². The van der Waals surface area contributed by atoms with Crippen LogP contribution in [0, 0.1) is 0 Å². The molecule has 1 fully saturated rings. The summed E-state index contributed by atoms with van der Waals surface area (Å²) in [7, 11) is -1.82. The number of methoxy groups -OCH3 is 1. The third kappa shape index (κ3) is 5.49. The zero-order valence-corrected chi connectivity index (χ0v) is 15.2. The minimum absolute atomic E-state index is 0.0744. The van der Waals surface area contributed by atoms with Crippen molar-refractivity contribution in [1.82, 2.24) is 9.21 Å². The lowest BCUT2D eigenvalue weighted by atomic mass is 10.1. The standard InChI is InChI=1S/C17H26N2O4S/c1-23-16-8-6-15(7-9-16)10-13-19(24(2,21)22)14-17(20)18-11-4-3-5-12-18/h6-9H,3-5,10-14H2,1-2H3. The maximum absolute atomic E-state index is 12.4. The molecule has 1 aliphatic rings. The highest BCUT2D eigenvalue weighted by atomic mass is 32.2. The summed E-state index contributed by atoms with van der Waals surface area (Å²) in [5.41, 5.74) is 1.01. The lowest BCUT2D eigenvalue weighted by Gasteiger charge is -2.29. The molecule has 0 spiro atoms. The van der Waals surface area contributed by atoms with Gasteiger partial charge in [-0.2, -0.15) is 4.31 Å². The van der Waals surface area contributed by atoms with E-state index in [0.29, 0.717) is 13.0 Å². The number of ether oxygens (including phenoxy) is 1. The molecule has 1 heterocycles. The number of rotatable bonds is 7. The second-order valence-corrected chi connectivity index (χ2v) is 8.12. The Labute approximate surface area is 144 Å². The van der Waals surface area contributed by atoms with Crippen molar-refractivity contribution in [1.29, 1.82) is 0 Å². The zero-order valence-electron chi connectivity index (χ0n) is 14.4. The molecule has 0 bridgehead atoms. The normalized spacial score (nSPS) is 15.5. The molecule has 6 nitrogen and oxygen atoms in total. The molecular formula is C17H26N2O4S. The molecule has 1 aromatic carbocycles. The third-order valence-electron chi connectivity index (χ3n) is 4.30. The fourth-order valence-corrected chi connectivity index (χ4v) is 3.57. The summed E-state index contributed by atoms with van der Waals surface area (Å²) in [4.78, 5) is 14.1. The molecule has 7 heteroatoms. The summed E-state index contributed by atoms with van der Waals surface area (Å²) >= 11 is 0. The van der Waals surface area contributed by atoms with Crippen LogP contribution in [0.5, 0.6) is 5.75 Å². The molecule has 1 amide bonds. The van der Waals surface area contributed by atoms with Gasteiger partial charge in [-0.25, -0.2) is 8.42 Å². The van der Waals surface area contributed by atoms with Crippen LogP contribution >= 0.6 is 0 Å². The topological polar surface area (TPSA) is 66.9 Å². The van der Waals surface area contributed by atoms with E-state index in [1.807, 2.05) is 24.3 Å². The number of hydrogen-bond acceptors (Lipinski definition) is 4. The molecule has 134 valence electrons. The second kappa shape index (κ2) is 8.48. The molecule has 0 aromatic heterocycles. The fourth-order valence-electron chi connectivity index (χ4n) is 2.80. The van der Waals surface area contributed by atoms with Crippen LogP contribution in [-0.4, -0.2) is 63.1 Å². The first-order valence-electron chi connectivity index (χ1n) is 8.26. The van der Waals surface area contributed by atoms with Gasteiger partial charge in [0.2, 0.25) is 15.9 Å². The minimum Gasteiger partial charge on any atom is -0.497 e. The Kier molecular flexibility index (Phi) is 6.62. The monoisotopic (exact) mass is 354 g/mol. The van der Waals surface area contributed by atoms with E-state index in [-0.39, 0.29) is 12.5 Å². The summed E-state index contributed by atoms with van der Waals surface area (Å²) in [6, 6.07) is 7.51. The number of benzene rings is 1. The highest BCUT2D eigenvalue weighted by Gasteiger charge is 2.24. The molecule has 0 unspecified atom stereocenters. The SMILES string of the molecule is COc1ccc(CCN(CC(=O)N2CCCCC2)S(C)(=O)=O)cc1. The van der Waals surface area contributed by atoms with Gasteiger partial charge in [-0.15, -0.1) is 0 Å². The Balaban J connectivity index is 1.96. The highest BCUT2D eigenvalue weighted by molar-refractivity contribution is 7.88. The van der Waals surface area contributed by atoms with Gasteiger partial charge in [0.1, 0.15) is 5.75 Å². The van der Waals surface area contributed by atoms with Gasteiger partial charge in [0.25, 0.3) is 0 Å².